The molecule has 2 rings (SSSR count). The van der Waals surface area contributed by atoms with Crippen LogP contribution in [0.2, 0.25) is 0 Å². The molecule has 0 aliphatic rings. The molecule has 0 unspecified atom stereocenters. The number of aryl methyl sites for hydroxylation is 1. The van der Waals surface area contributed by atoms with E-state index in [2.05, 4.69) is 15.6 Å². The number of nitrogens with zero attached hydrogens (tertiary/aromatic N) is 1. The first-order chi connectivity index (χ1) is 10.1. The first-order valence-corrected chi connectivity index (χ1v) is 6.69. The molecule has 0 radical (unpaired) electrons. The number of ether oxygens (including phenoxy) is 1. The van der Waals surface area contributed by atoms with Crippen molar-refractivity contribution in [3.8, 4) is 5.75 Å². The summed E-state index contributed by atoms with van der Waals surface area (Å²) in [5, 5.41) is 5.67. The summed E-state index contributed by atoms with van der Waals surface area (Å²) in [4.78, 5) is 16.3. The maximum Gasteiger partial charge on any atom is 0.257 e. The van der Waals surface area contributed by atoms with Gasteiger partial charge in [-0.25, -0.2) is 4.98 Å². The number of rotatable bonds is 3. The Morgan fingerprint density at radius 3 is 2.52 bits per heavy atom. The lowest BCUT2D eigenvalue weighted by Gasteiger charge is -2.09. The van der Waals surface area contributed by atoms with E-state index in [1.807, 2.05) is 19.1 Å². The minimum atomic E-state index is -0.289. The molecule has 0 atom stereocenters. The second-order valence-electron chi connectivity index (χ2n) is 4.30. The summed E-state index contributed by atoms with van der Waals surface area (Å²) in [5.41, 5.74) is 1.36. The van der Waals surface area contributed by atoms with E-state index in [4.69, 9.17) is 17.0 Å². The molecular formula is C15H15N3O2S. The zero-order chi connectivity index (χ0) is 15.2. The van der Waals surface area contributed by atoms with E-state index < -0.39 is 0 Å². The molecule has 5 nitrogen and oxygen atoms in total. The fourth-order valence-corrected chi connectivity index (χ4v) is 1.88. The van der Waals surface area contributed by atoms with Crippen molar-refractivity contribution in [1.82, 2.24) is 10.3 Å². The third kappa shape index (κ3) is 4.25. The molecule has 21 heavy (non-hydrogen) atoms. The van der Waals surface area contributed by atoms with Crippen LogP contribution in [0.15, 0.2) is 42.5 Å². The molecule has 0 fully saturated rings. The fourth-order valence-electron chi connectivity index (χ4n) is 1.68. The highest BCUT2D eigenvalue weighted by Gasteiger charge is 2.08. The number of carbonyl (C=O) groups excluding carboxylic acids is 1. The zero-order valence-electron chi connectivity index (χ0n) is 11.7. The molecule has 1 heterocycles. The lowest BCUT2D eigenvalue weighted by Crippen LogP contribution is -2.34. The molecule has 6 heteroatoms. The average molecular weight is 301 g/mol. The van der Waals surface area contributed by atoms with Crippen LogP contribution in [0.5, 0.6) is 5.75 Å². The van der Waals surface area contributed by atoms with Crippen molar-refractivity contribution in [3.63, 3.8) is 0 Å². The number of anilines is 1. The lowest BCUT2D eigenvalue weighted by molar-refractivity contribution is 0.0977. The normalized spacial score (nSPS) is 9.81. The van der Waals surface area contributed by atoms with Crippen molar-refractivity contribution in [1.29, 1.82) is 0 Å². The van der Waals surface area contributed by atoms with Crippen LogP contribution in [0.4, 0.5) is 5.82 Å². The first kappa shape index (κ1) is 14.9. The predicted octanol–water partition coefficient (Wildman–Crippen LogP) is 2.53. The van der Waals surface area contributed by atoms with Crippen LogP contribution in [-0.4, -0.2) is 23.1 Å². The fraction of sp³-hybridized carbons (Fsp3) is 0.133. The number of hydrogen-bond acceptors (Lipinski definition) is 4. The lowest BCUT2D eigenvalue weighted by atomic mass is 10.2. The molecule has 1 amide bonds. The van der Waals surface area contributed by atoms with Crippen LogP contribution in [0.3, 0.4) is 0 Å². The monoisotopic (exact) mass is 301 g/mol. The summed E-state index contributed by atoms with van der Waals surface area (Å²) >= 11 is 5.10. The molecule has 108 valence electrons. The van der Waals surface area contributed by atoms with Crippen LogP contribution in [0, 0.1) is 6.92 Å². The first-order valence-electron chi connectivity index (χ1n) is 6.28. The molecule has 0 bridgehead atoms. The highest BCUT2D eigenvalue weighted by atomic mass is 32.1. The number of aromatic nitrogens is 1. The summed E-state index contributed by atoms with van der Waals surface area (Å²) in [7, 11) is 1.57. The van der Waals surface area contributed by atoms with E-state index in [1.54, 1.807) is 37.4 Å². The topological polar surface area (TPSA) is 63.2 Å². The summed E-state index contributed by atoms with van der Waals surface area (Å²) < 4.78 is 5.04. The zero-order valence-corrected chi connectivity index (χ0v) is 12.5. The molecule has 0 aliphatic heterocycles. The van der Waals surface area contributed by atoms with Gasteiger partial charge < -0.3 is 10.1 Å². The Bertz CT molecular complexity index is 656. The highest BCUT2D eigenvalue weighted by Crippen LogP contribution is 2.11. The van der Waals surface area contributed by atoms with E-state index in [-0.39, 0.29) is 11.0 Å². The number of thiocarbonyl (C=S) groups is 1. The predicted molar refractivity (Wildman–Crippen MR) is 85.7 cm³/mol. The standard InChI is InChI=1S/C15H15N3O2S/c1-10-4-3-5-13(16-10)17-15(21)18-14(19)11-6-8-12(20-2)9-7-11/h3-9H,1-2H3,(H2,16,17,18,19,21). The number of pyridine rings is 1. The van der Waals surface area contributed by atoms with Crippen molar-refractivity contribution < 1.29 is 9.53 Å². The Kier molecular flexibility index (Phi) is 4.84. The Morgan fingerprint density at radius 1 is 1.19 bits per heavy atom. The van der Waals surface area contributed by atoms with Crippen LogP contribution in [-0.2, 0) is 0 Å². The third-order valence-corrected chi connectivity index (χ3v) is 2.91. The van der Waals surface area contributed by atoms with Gasteiger partial charge in [-0.2, -0.15) is 0 Å². The summed E-state index contributed by atoms with van der Waals surface area (Å²) in [6, 6.07) is 12.3. The van der Waals surface area contributed by atoms with E-state index in [0.29, 0.717) is 17.1 Å². The maximum absolute atomic E-state index is 12.0. The van der Waals surface area contributed by atoms with Crippen molar-refractivity contribution >= 4 is 29.1 Å². The van der Waals surface area contributed by atoms with Gasteiger partial charge in [-0.15, -0.1) is 0 Å². The van der Waals surface area contributed by atoms with Gasteiger partial charge in [0, 0.05) is 11.3 Å². The second kappa shape index (κ2) is 6.81. The van der Waals surface area contributed by atoms with Crippen molar-refractivity contribution in [3.05, 3.63) is 53.7 Å². The smallest absolute Gasteiger partial charge is 0.257 e. The highest BCUT2D eigenvalue weighted by molar-refractivity contribution is 7.80. The van der Waals surface area contributed by atoms with Gasteiger partial charge in [0.05, 0.1) is 7.11 Å². The van der Waals surface area contributed by atoms with E-state index in [0.717, 1.165) is 5.69 Å². The van der Waals surface area contributed by atoms with Gasteiger partial charge in [-0.1, -0.05) is 6.07 Å². The minimum Gasteiger partial charge on any atom is -0.497 e. The number of carbonyl (C=O) groups is 1. The molecule has 0 spiro atoms. The van der Waals surface area contributed by atoms with E-state index in [9.17, 15) is 4.79 Å². The van der Waals surface area contributed by atoms with Gasteiger partial charge >= 0.3 is 0 Å². The van der Waals surface area contributed by atoms with Crippen molar-refractivity contribution in [2.75, 3.05) is 12.4 Å². The average Bonchev–Trinajstić information content (AvgIpc) is 2.47. The van der Waals surface area contributed by atoms with Crippen LogP contribution in [0.25, 0.3) is 0 Å². The molecule has 1 aromatic heterocycles. The molecular weight excluding hydrogens is 286 g/mol. The molecule has 0 aliphatic carbocycles. The van der Waals surface area contributed by atoms with Gasteiger partial charge in [-0.3, -0.25) is 10.1 Å². The number of amides is 1. The molecule has 0 saturated heterocycles. The van der Waals surface area contributed by atoms with Crippen LogP contribution >= 0.6 is 12.2 Å². The van der Waals surface area contributed by atoms with E-state index >= 15 is 0 Å². The van der Waals surface area contributed by atoms with Gasteiger partial charge in [-0.05, 0) is 55.5 Å². The summed E-state index contributed by atoms with van der Waals surface area (Å²) in [6.07, 6.45) is 0. The molecule has 2 aromatic rings. The molecule has 0 saturated carbocycles. The number of hydrogen-bond donors (Lipinski definition) is 2. The largest absolute Gasteiger partial charge is 0.497 e. The summed E-state index contributed by atoms with van der Waals surface area (Å²) in [5.74, 6) is 0.994. The second-order valence-corrected chi connectivity index (χ2v) is 4.71. The number of benzene rings is 1. The minimum absolute atomic E-state index is 0.203. The van der Waals surface area contributed by atoms with Gasteiger partial charge in [0.15, 0.2) is 5.11 Å². The number of methoxy groups -OCH3 is 1. The third-order valence-electron chi connectivity index (χ3n) is 2.71. The SMILES string of the molecule is COc1ccc(C(=O)NC(=S)Nc2cccc(C)n2)cc1. The van der Waals surface area contributed by atoms with E-state index in [1.165, 1.54) is 0 Å². The molecule has 1 aromatic carbocycles. The van der Waals surface area contributed by atoms with Gasteiger partial charge in [0.2, 0.25) is 0 Å². The Hall–Kier alpha value is -2.47. The van der Waals surface area contributed by atoms with Gasteiger partial charge in [0.1, 0.15) is 11.6 Å². The maximum atomic E-state index is 12.0. The Labute approximate surface area is 128 Å². The van der Waals surface area contributed by atoms with Gasteiger partial charge in [0.25, 0.3) is 5.91 Å². The van der Waals surface area contributed by atoms with Crippen LogP contribution in [0.1, 0.15) is 16.1 Å². The van der Waals surface area contributed by atoms with Crippen molar-refractivity contribution in [2.45, 2.75) is 6.92 Å². The van der Waals surface area contributed by atoms with Crippen LogP contribution < -0.4 is 15.4 Å². The quantitative estimate of drug-likeness (QED) is 0.853. The Morgan fingerprint density at radius 2 is 1.90 bits per heavy atom. The van der Waals surface area contributed by atoms with Crippen molar-refractivity contribution in [2.24, 2.45) is 0 Å². The summed E-state index contributed by atoms with van der Waals surface area (Å²) in [6.45, 7) is 1.88. The Balaban J connectivity index is 1.96. The number of nitrogens with one attached hydrogen (secondary N) is 2. The molecule has 2 N–H and O–H groups in total.